The van der Waals surface area contributed by atoms with Gasteiger partial charge in [0, 0.05) is 30.0 Å². The zero-order valence-corrected chi connectivity index (χ0v) is 14.8. The molecule has 13 nitrogen and oxygen atoms in total. The standard InChI is InChI=1S/C17H11N5O8/c23-15(18-9-3-1-5-11(7-9)21(27)28)13-14(19-26)17(25)20(16(13)24)10-4-2-6-12(8-10)22(29)30/h1-8,13,26H,(H,18,23). The van der Waals surface area contributed by atoms with E-state index >= 15 is 0 Å². The number of imide groups is 1. The van der Waals surface area contributed by atoms with Crippen molar-refractivity contribution in [1.82, 2.24) is 0 Å². The van der Waals surface area contributed by atoms with Gasteiger partial charge in [0.15, 0.2) is 11.6 Å². The van der Waals surface area contributed by atoms with Crippen LogP contribution in [0.4, 0.5) is 22.7 Å². The van der Waals surface area contributed by atoms with Crippen LogP contribution in [-0.2, 0) is 14.4 Å². The predicted molar refractivity (Wildman–Crippen MR) is 100 cm³/mol. The summed E-state index contributed by atoms with van der Waals surface area (Å²) in [5.41, 5.74) is -1.74. The fourth-order valence-electron chi connectivity index (χ4n) is 2.82. The Morgan fingerprint density at radius 2 is 1.63 bits per heavy atom. The fraction of sp³-hybridized carbons (Fsp3) is 0.0588. The van der Waals surface area contributed by atoms with E-state index in [9.17, 15) is 39.8 Å². The molecule has 2 aromatic carbocycles. The summed E-state index contributed by atoms with van der Waals surface area (Å²) in [6, 6.07) is 9.40. The largest absolute Gasteiger partial charge is 0.410 e. The van der Waals surface area contributed by atoms with Gasteiger partial charge in [0.05, 0.1) is 15.5 Å². The molecule has 152 valence electrons. The van der Waals surface area contributed by atoms with E-state index < -0.39 is 44.9 Å². The third-order valence-electron chi connectivity index (χ3n) is 4.16. The van der Waals surface area contributed by atoms with Gasteiger partial charge in [0.1, 0.15) is 0 Å². The summed E-state index contributed by atoms with van der Waals surface area (Å²) in [6.45, 7) is 0. The number of nitro groups is 2. The first-order chi connectivity index (χ1) is 14.2. The average molecular weight is 413 g/mol. The number of benzene rings is 2. The van der Waals surface area contributed by atoms with Crippen LogP contribution in [0.2, 0.25) is 0 Å². The minimum absolute atomic E-state index is 0.0273. The smallest absolute Gasteiger partial charge is 0.284 e. The van der Waals surface area contributed by atoms with Gasteiger partial charge >= 0.3 is 0 Å². The Kier molecular flexibility index (Phi) is 5.18. The Hall–Kier alpha value is -4.68. The van der Waals surface area contributed by atoms with Crippen molar-refractivity contribution in [2.24, 2.45) is 11.1 Å². The van der Waals surface area contributed by atoms with Crippen LogP contribution in [0.25, 0.3) is 0 Å². The number of amides is 3. The van der Waals surface area contributed by atoms with Gasteiger partial charge in [0.25, 0.3) is 23.2 Å². The SMILES string of the molecule is O=C(Nc1cccc([N+](=O)[O-])c1)C1C(=O)N(c2cccc([N+](=O)[O-])c2)C(=O)C1=NO. The van der Waals surface area contributed by atoms with Gasteiger partial charge in [-0.1, -0.05) is 17.3 Å². The first-order valence-corrected chi connectivity index (χ1v) is 8.14. The third-order valence-corrected chi connectivity index (χ3v) is 4.16. The molecule has 1 heterocycles. The number of oxime groups is 1. The van der Waals surface area contributed by atoms with Gasteiger partial charge in [-0.15, -0.1) is 0 Å². The second-order valence-corrected chi connectivity index (χ2v) is 5.97. The summed E-state index contributed by atoms with van der Waals surface area (Å²) < 4.78 is 0. The van der Waals surface area contributed by atoms with Gasteiger partial charge in [-0.25, -0.2) is 4.90 Å². The van der Waals surface area contributed by atoms with Crippen LogP contribution in [0.3, 0.4) is 0 Å². The molecule has 1 unspecified atom stereocenters. The van der Waals surface area contributed by atoms with E-state index in [0.29, 0.717) is 4.90 Å². The molecule has 1 saturated heterocycles. The molecule has 0 radical (unpaired) electrons. The molecule has 0 saturated carbocycles. The highest BCUT2D eigenvalue weighted by molar-refractivity contribution is 6.61. The van der Waals surface area contributed by atoms with Crippen LogP contribution in [0.15, 0.2) is 53.7 Å². The monoisotopic (exact) mass is 413 g/mol. The number of nitrogens with zero attached hydrogens (tertiary/aromatic N) is 4. The number of nitrogens with one attached hydrogen (secondary N) is 1. The van der Waals surface area contributed by atoms with Crippen molar-refractivity contribution in [2.45, 2.75) is 0 Å². The Balaban J connectivity index is 1.93. The normalized spacial score (nSPS) is 17.3. The summed E-state index contributed by atoms with van der Waals surface area (Å²) >= 11 is 0. The average Bonchev–Trinajstić information content (AvgIpc) is 2.97. The third kappa shape index (κ3) is 3.54. The summed E-state index contributed by atoms with van der Waals surface area (Å²) in [4.78, 5) is 58.7. The first-order valence-electron chi connectivity index (χ1n) is 8.14. The number of rotatable bonds is 5. The van der Waals surface area contributed by atoms with Crippen molar-refractivity contribution in [3.05, 3.63) is 68.8 Å². The van der Waals surface area contributed by atoms with Gasteiger partial charge in [-0.2, -0.15) is 0 Å². The van der Waals surface area contributed by atoms with E-state index in [1.54, 1.807) is 0 Å². The molecule has 1 fully saturated rings. The maximum absolute atomic E-state index is 12.7. The van der Waals surface area contributed by atoms with Crippen LogP contribution in [0.5, 0.6) is 0 Å². The topological polar surface area (TPSA) is 185 Å². The Bertz CT molecular complexity index is 1130. The minimum Gasteiger partial charge on any atom is -0.410 e. The maximum atomic E-state index is 12.7. The molecule has 0 spiro atoms. The number of anilines is 2. The van der Waals surface area contributed by atoms with Crippen molar-refractivity contribution in [3.8, 4) is 0 Å². The molecule has 1 aliphatic heterocycles. The molecule has 13 heteroatoms. The first kappa shape index (κ1) is 20.1. The number of carbonyl (C=O) groups is 3. The van der Waals surface area contributed by atoms with Crippen molar-refractivity contribution >= 4 is 46.2 Å². The van der Waals surface area contributed by atoms with Crippen molar-refractivity contribution in [2.75, 3.05) is 10.2 Å². The van der Waals surface area contributed by atoms with E-state index in [1.807, 2.05) is 0 Å². The molecular formula is C17H11N5O8. The zero-order chi connectivity index (χ0) is 22.0. The van der Waals surface area contributed by atoms with Gasteiger partial charge < -0.3 is 10.5 Å². The highest BCUT2D eigenvalue weighted by atomic mass is 16.6. The Morgan fingerprint density at radius 1 is 1.03 bits per heavy atom. The lowest BCUT2D eigenvalue weighted by Crippen LogP contribution is -2.34. The predicted octanol–water partition coefficient (Wildman–Crippen LogP) is 1.46. The summed E-state index contributed by atoms with van der Waals surface area (Å²) in [5, 5.41) is 36.0. The number of hydrogen-bond acceptors (Lipinski definition) is 9. The molecule has 0 bridgehead atoms. The van der Waals surface area contributed by atoms with Crippen LogP contribution in [-0.4, -0.2) is 38.5 Å². The Labute approximate surface area is 166 Å². The van der Waals surface area contributed by atoms with Gasteiger partial charge in [-0.3, -0.25) is 34.6 Å². The van der Waals surface area contributed by atoms with E-state index in [1.165, 1.54) is 30.3 Å². The summed E-state index contributed by atoms with van der Waals surface area (Å²) in [7, 11) is 0. The molecule has 1 atom stereocenters. The molecular weight excluding hydrogens is 402 g/mol. The van der Waals surface area contributed by atoms with Crippen LogP contribution < -0.4 is 10.2 Å². The van der Waals surface area contributed by atoms with E-state index in [4.69, 9.17) is 0 Å². The molecule has 2 aromatic rings. The zero-order valence-electron chi connectivity index (χ0n) is 14.8. The van der Waals surface area contributed by atoms with Crippen molar-refractivity contribution < 1.29 is 29.4 Å². The highest BCUT2D eigenvalue weighted by Crippen LogP contribution is 2.29. The minimum atomic E-state index is -1.86. The lowest BCUT2D eigenvalue weighted by molar-refractivity contribution is -0.385. The van der Waals surface area contributed by atoms with Crippen LogP contribution >= 0.6 is 0 Å². The van der Waals surface area contributed by atoms with Gasteiger partial charge in [-0.05, 0) is 12.1 Å². The van der Waals surface area contributed by atoms with E-state index in [-0.39, 0.29) is 17.1 Å². The Morgan fingerprint density at radius 3 is 2.23 bits per heavy atom. The van der Waals surface area contributed by atoms with E-state index in [2.05, 4.69) is 10.5 Å². The van der Waals surface area contributed by atoms with Crippen molar-refractivity contribution in [3.63, 3.8) is 0 Å². The summed E-state index contributed by atoms with van der Waals surface area (Å²) in [5.74, 6) is -5.17. The summed E-state index contributed by atoms with van der Waals surface area (Å²) in [6.07, 6.45) is 0. The van der Waals surface area contributed by atoms with E-state index in [0.717, 1.165) is 18.2 Å². The number of nitro benzene ring substituents is 2. The molecule has 3 rings (SSSR count). The molecule has 1 aliphatic rings. The second kappa shape index (κ2) is 7.75. The number of hydrogen-bond donors (Lipinski definition) is 2. The van der Waals surface area contributed by atoms with Gasteiger partial charge in [0.2, 0.25) is 5.91 Å². The maximum Gasteiger partial charge on any atom is 0.284 e. The van der Waals surface area contributed by atoms with Crippen LogP contribution in [0, 0.1) is 26.1 Å². The highest BCUT2D eigenvalue weighted by Gasteiger charge is 2.50. The molecule has 30 heavy (non-hydrogen) atoms. The quantitative estimate of drug-likeness (QED) is 0.242. The lowest BCUT2D eigenvalue weighted by Gasteiger charge is -2.14. The molecule has 0 aliphatic carbocycles. The molecule has 3 amide bonds. The second-order valence-electron chi connectivity index (χ2n) is 5.97. The lowest BCUT2D eigenvalue weighted by atomic mass is 10.1. The molecule has 2 N–H and O–H groups in total. The number of carbonyl (C=O) groups excluding carboxylic acids is 3. The molecule has 0 aromatic heterocycles. The van der Waals surface area contributed by atoms with Crippen molar-refractivity contribution in [1.29, 1.82) is 0 Å². The fourth-order valence-corrected chi connectivity index (χ4v) is 2.82. The van der Waals surface area contributed by atoms with Crippen LogP contribution in [0.1, 0.15) is 0 Å². The number of non-ortho nitro benzene ring substituents is 2.